The third kappa shape index (κ3) is 1.68. The number of carbonyl (C=O) groups excluding carboxylic acids is 2. The Morgan fingerprint density at radius 2 is 1.11 bits per heavy atom. The van der Waals surface area contributed by atoms with Crippen molar-refractivity contribution in [2.45, 2.75) is 52.4 Å². The summed E-state index contributed by atoms with van der Waals surface area (Å²) in [6.45, 7) is 4.35. The smallest absolute Gasteiger partial charge is 0.140 e. The lowest BCUT2D eigenvalue weighted by Crippen LogP contribution is -2.53. The molecule has 0 radical (unpaired) electrons. The molecule has 0 heterocycles. The Bertz CT molecular complexity index is 337. The Morgan fingerprint density at radius 3 is 1.50 bits per heavy atom. The summed E-state index contributed by atoms with van der Waals surface area (Å²) in [6, 6.07) is 0. The summed E-state index contributed by atoms with van der Waals surface area (Å²) in [4.78, 5) is 25.5. The fraction of sp³-hybridized carbons (Fsp3) is 0.875. The lowest BCUT2D eigenvalue weighted by molar-refractivity contribution is -0.155. The molecule has 18 heavy (non-hydrogen) atoms. The Kier molecular flexibility index (Phi) is 3.07. The van der Waals surface area contributed by atoms with Crippen LogP contribution >= 0.6 is 0 Å². The van der Waals surface area contributed by atoms with Gasteiger partial charge in [-0.25, -0.2) is 0 Å². The first-order chi connectivity index (χ1) is 8.61. The van der Waals surface area contributed by atoms with E-state index in [0.29, 0.717) is 23.4 Å². The molecule has 3 fully saturated rings. The van der Waals surface area contributed by atoms with Crippen LogP contribution in [0.2, 0.25) is 0 Å². The predicted molar refractivity (Wildman–Crippen MR) is 70.0 cm³/mol. The van der Waals surface area contributed by atoms with Gasteiger partial charge in [0.25, 0.3) is 0 Å². The summed E-state index contributed by atoms with van der Waals surface area (Å²) in [5, 5.41) is 0. The van der Waals surface area contributed by atoms with Crippen LogP contribution in [0.1, 0.15) is 52.4 Å². The van der Waals surface area contributed by atoms with E-state index in [-0.39, 0.29) is 23.7 Å². The quantitative estimate of drug-likeness (QED) is 0.659. The molecule has 0 N–H and O–H groups in total. The summed E-state index contributed by atoms with van der Waals surface area (Å²) in [7, 11) is 0. The molecular formula is C16H24O2. The maximum Gasteiger partial charge on any atom is 0.140 e. The lowest BCUT2D eigenvalue weighted by Gasteiger charge is -2.47. The number of hydrogen-bond acceptors (Lipinski definition) is 2. The van der Waals surface area contributed by atoms with Gasteiger partial charge in [0.2, 0.25) is 0 Å². The highest BCUT2D eigenvalue weighted by atomic mass is 16.1. The van der Waals surface area contributed by atoms with E-state index in [4.69, 9.17) is 0 Å². The van der Waals surface area contributed by atoms with Crippen molar-refractivity contribution in [1.29, 1.82) is 0 Å². The maximum atomic E-state index is 12.7. The average Bonchev–Trinajstić information content (AvgIpc) is 2.35. The van der Waals surface area contributed by atoms with Gasteiger partial charge in [-0.15, -0.1) is 0 Å². The Hall–Kier alpha value is -0.660. The summed E-state index contributed by atoms with van der Waals surface area (Å²) in [6.07, 6.45) is 6.46. The monoisotopic (exact) mass is 248 g/mol. The van der Waals surface area contributed by atoms with Gasteiger partial charge >= 0.3 is 0 Å². The second-order valence-electron chi connectivity index (χ2n) is 6.89. The molecule has 0 bridgehead atoms. The number of ketones is 2. The van der Waals surface area contributed by atoms with Gasteiger partial charge in [-0.3, -0.25) is 9.59 Å². The number of Topliss-reactive ketones (excluding diaryl/α,β-unsaturated/α-hetero) is 2. The van der Waals surface area contributed by atoms with Crippen molar-refractivity contribution < 1.29 is 9.59 Å². The average molecular weight is 248 g/mol. The van der Waals surface area contributed by atoms with Crippen LogP contribution in [0.4, 0.5) is 0 Å². The van der Waals surface area contributed by atoms with E-state index in [1.807, 2.05) is 0 Å². The zero-order chi connectivity index (χ0) is 12.9. The highest BCUT2D eigenvalue weighted by Crippen LogP contribution is 2.49. The van der Waals surface area contributed by atoms with Gasteiger partial charge < -0.3 is 0 Å². The SMILES string of the molecule is CC1CCCC2C(=O)C3C(C)CCCC3C(=O)C12. The standard InChI is InChI=1S/C16H24O2/c1-9-5-3-7-11-13(9)15(17)12-8-4-6-10(2)14(12)16(11)18/h9-14H,3-8H2,1-2H3. The summed E-state index contributed by atoms with van der Waals surface area (Å²) in [5.74, 6) is 2.03. The molecule has 0 aromatic heterocycles. The minimum Gasteiger partial charge on any atom is -0.299 e. The topological polar surface area (TPSA) is 34.1 Å². The molecule has 0 aliphatic heterocycles. The van der Waals surface area contributed by atoms with Gasteiger partial charge in [0, 0.05) is 23.7 Å². The molecule has 0 aromatic rings. The summed E-state index contributed by atoms with van der Waals surface area (Å²) >= 11 is 0. The van der Waals surface area contributed by atoms with Crippen LogP contribution < -0.4 is 0 Å². The second kappa shape index (κ2) is 4.47. The Morgan fingerprint density at radius 1 is 0.722 bits per heavy atom. The molecule has 3 saturated carbocycles. The van der Waals surface area contributed by atoms with E-state index in [1.165, 1.54) is 0 Å². The molecule has 6 atom stereocenters. The van der Waals surface area contributed by atoms with Gasteiger partial charge in [-0.2, -0.15) is 0 Å². The van der Waals surface area contributed by atoms with Crippen LogP contribution in [0.25, 0.3) is 0 Å². The Balaban J connectivity index is 1.94. The third-order valence-electron chi connectivity index (χ3n) is 5.83. The second-order valence-corrected chi connectivity index (χ2v) is 6.89. The molecule has 0 amide bonds. The van der Waals surface area contributed by atoms with E-state index in [2.05, 4.69) is 13.8 Å². The highest BCUT2D eigenvalue weighted by molar-refractivity contribution is 6.00. The van der Waals surface area contributed by atoms with Crippen LogP contribution in [-0.2, 0) is 9.59 Å². The molecule has 100 valence electrons. The van der Waals surface area contributed by atoms with Crippen LogP contribution in [-0.4, -0.2) is 11.6 Å². The molecule has 2 nitrogen and oxygen atoms in total. The number of rotatable bonds is 0. The number of hydrogen-bond donors (Lipinski definition) is 0. The van der Waals surface area contributed by atoms with Crippen molar-refractivity contribution in [3.8, 4) is 0 Å². The Labute approximate surface area is 110 Å². The molecule has 0 aromatic carbocycles. The molecule has 3 aliphatic rings. The van der Waals surface area contributed by atoms with Crippen LogP contribution in [0.5, 0.6) is 0 Å². The highest BCUT2D eigenvalue weighted by Gasteiger charge is 2.53. The molecule has 3 aliphatic carbocycles. The van der Waals surface area contributed by atoms with E-state index in [1.54, 1.807) is 0 Å². The van der Waals surface area contributed by atoms with Crippen molar-refractivity contribution in [2.75, 3.05) is 0 Å². The van der Waals surface area contributed by atoms with Crippen molar-refractivity contribution in [3.63, 3.8) is 0 Å². The molecule has 2 heteroatoms. The first-order valence-corrected chi connectivity index (χ1v) is 7.68. The normalized spacial score (nSPS) is 48.6. The predicted octanol–water partition coefficient (Wildman–Crippen LogP) is 3.24. The van der Waals surface area contributed by atoms with Crippen molar-refractivity contribution in [3.05, 3.63) is 0 Å². The minimum atomic E-state index is 0.0674. The fourth-order valence-electron chi connectivity index (χ4n) is 4.92. The van der Waals surface area contributed by atoms with Gasteiger partial charge in [0.1, 0.15) is 11.6 Å². The summed E-state index contributed by atoms with van der Waals surface area (Å²) in [5.41, 5.74) is 0. The summed E-state index contributed by atoms with van der Waals surface area (Å²) < 4.78 is 0. The first-order valence-electron chi connectivity index (χ1n) is 7.68. The molecule has 3 rings (SSSR count). The van der Waals surface area contributed by atoms with Gasteiger partial charge in [-0.05, 0) is 37.5 Å². The maximum absolute atomic E-state index is 12.7. The van der Waals surface area contributed by atoms with Gasteiger partial charge in [-0.1, -0.05) is 26.7 Å². The lowest BCUT2D eigenvalue weighted by atomic mass is 9.54. The fourth-order valence-corrected chi connectivity index (χ4v) is 4.92. The minimum absolute atomic E-state index is 0.0674. The van der Waals surface area contributed by atoms with Crippen LogP contribution in [0.15, 0.2) is 0 Å². The van der Waals surface area contributed by atoms with E-state index < -0.39 is 0 Å². The zero-order valence-electron chi connectivity index (χ0n) is 11.5. The van der Waals surface area contributed by atoms with Crippen molar-refractivity contribution in [1.82, 2.24) is 0 Å². The molecule has 6 unspecified atom stereocenters. The van der Waals surface area contributed by atoms with Crippen LogP contribution in [0, 0.1) is 35.5 Å². The third-order valence-corrected chi connectivity index (χ3v) is 5.83. The largest absolute Gasteiger partial charge is 0.299 e. The van der Waals surface area contributed by atoms with Crippen molar-refractivity contribution >= 4 is 11.6 Å². The first kappa shape index (κ1) is 12.4. The molecule has 0 saturated heterocycles. The number of carbonyl (C=O) groups is 2. The van der Waals surface area contributed by atoms with Crippen LogP contribution in [0.3, 0.4) is 0 Å². The van der Waals surface area contributed by atoms with E-state index in [9.17, 15) is 9.59 Å². The van der Waals surface area contributed by atoms with E-state index >= 15 is 0 Å². The van der Waals surface area contributed by atoms with Gasteiger partial charge in [0.15, 0.2) is 0 Å². The van der Waals surface area contributed by atoms with Gasteiger partial charge in [0.05, 0.1) is 0 Å². The number of fused-ring (bicyclic) bond motifs is 2. The van der Waals surface area contributed by atoms with Crippen molar-refractivity contribution in [2.24, 2.45) is 35.5 Å². The molecular weight excluding hydrogens is 224 g/mol. The zero-order valence-corrected chi connectivity index (χ0v) is 11.5. The van der Waals surface area contributed by atoms with E-state index in [0.717, 1.165) is 38.5 Å². The molecule has 0 spiro atoms.